The van der Waals surface area contributed by atoms with Crippen LogP contribution in [0.1, 0.15) is 21.5 Å². The van der Waals surface area contributed by atoms with E-state index in [9.17, 15) is 4.79 Å². The van der Waals surface area contributed by atoms with E-state index in [-0.39, 0.29) is 5.91 Å². The first kappa shape index (κ1) is 14.1. The summed E-state index contributed by atoms with van der Waals surface area (Å²) in [6, 6.07) is 17.5. The van der Waals surface area contributed by atoms with Crippen molar-refractivity contribution in [2.45, 2.75) is 13.8 Å². The number of carbonyl (C=O) groups excluding carboxylic acids is 1. The van der Waals surface area contributed by atoms with Crippen molar-refractivity contribution in [2.24, 2.45) is 0 Å². The third-order valence-electron chi connectivity index (χ3n) is 3.75. The molecule has 1 N–H and O–H groups in total. The Morgan fingerprint density at radius 2 is 1.64 bits per heavy atom. The quantitative estimate of drug-likeness (QED) is 0.764. The number of aryl methyl sites for hydroxylation is 2. The van der Waals surface area contributed by atoms with E-state index in [2.05, 4.69) is 5.32 Å². The molecule has 0 fully saturated rings. The molecule has 1 aromatic heterocycles. The maximum Gasteiger partial charge on any atom is 0.255 e. The minimum atomic E-state index is -0.0947. The number of rotatable bonds is 3. The molecular weight excluding hydrogens is 272 g/mol. The van der Waals surface area contributed by atoms with Crippen molar-refractivity contribution in [3.8, 4) is 5.69 Å². The van der Waals surface area contributed by atoms with Crippen LogP contribution in [0.5, 0.6) is 0 Å². The standard InChI is InChI=1S/C19H18N2O/c1-14-7-3-4-8-17(14)20-19(22)16-10-9-15(2)18(13-16)21-11-5-6-12-21/h3-13H,1-2H3,(H,20,22). The zero-order valence-corrected chi connectivity index (χ0v) is 12.7. The normalized spacial score (nSPS) is 10.5. The first-order valence-corrected chi connectivity index (χ1v) is 7.26. The Bertz CT molecular complexity index is 804. The van der Waals surface area contributed by atoms with Crippen LogP contribution >= 0.6 is 0 Å². The molecule has 0 aliphatic carbocycles. The molecule has 3 aromatic rings. The van der Waals surface area contributed by atoms with Crippen LogP contribution in [0.3, 0.4) is 0 Å². The smallest absolute Gasteiger partial charge is 0.255 e. The van der Waals surface area contributed by atoms with Gasteiger partial charge in [0.2, 0.25) is 0 Å². The number of anilines is 1. The Morgan fingerprint density at radius 1 is 0.909 bits per heavy atom. The van der Waals surface area contributed by atoms with E-state index in [1.54, 1.807) is 0 Å². The molecule has 0 saturated heterocycles. The highest BCUT2D eigenvalue weighted by atomic mass is 16.1. The van der Waals surface area contributed by atoms with E-state index in [0.717, 1.165) is 22.5 Å². The van der Waals surface area contributed by atoms with Gasteiger partial charge in [0.05, 0.1) is 0 Å². The Labute approximate surface area is 130 Å². The molecule has 0 atom stereocenters. The minimum Gasteiger partial charge on any atom is -0.324 e. The second-order valence-corrected chi connectivity index (χ2v) is 5.36. The molecule has 1 amide bonds. The van der Waals surface area contributed by atoms with E-state index < -0.39 is 0 Å². The molecule has 3 nitrogen and oxygen atoms in total. The Hall–Kier alpha value is -2.81. The van der Waals surface area contributed by atoms with Gasteiger partial charge in [0.15, 0.2) is 0 Å². The minimum absolute atomic E-state index is 0.0947. The van der Waals surface area contributed by atoms with Gasteiger partial charge in [-0.2, -0.15) is 0 Å². The Kier molecular flexibility index (Phi) is 3.79. The highest BCUT2D eigenvalue weighted by molar-refractivity contribution is 6.05. The van der Waals surface area contributed by atoms with Crippen molar-refractivity contribution in [1.29, 1.82) is 0 Å². The summed E-state index contributed by atoms with van der Waals surface area (Å²) in [6.45, 7) is 4.02. The van der Waals surface area contributed by atoms with E-state index in [1.165, 1.54) is 0 Å². The molecule has 0 saturated carbocycles. The summed E-state index contributed by atoms with van der Waals surface area (Å²) >= 11 is 0. The second kappa shape index (κ2) is 5.90. The van der Waals surface area contributed by atoms with Crippen molar-refractivity contribution in [3.05, 3.63) is 83.7 Å². The SMILES string of the molecule is Cc1ccccc1NC(=O)c1ccc(C)c(-n2cccc2)c1. The molecule has 0 aliphatic rings. The molecule has 3 heteroatoms. The van der Waals surface area contributed by atoms with Crippen LogP contribution in [-0.4, -0.2) is 10.5 Å². The fraction of sp³-hybridized carbons (Fsp3) is 0.105. The highest BCUT2D eigenvalue weighted by Gasteiger charge is 2.10. The van der Waals surface area contributed by atoms with Crippen LogP contribution in [0.2, 0.25) is 0 Å². The van der Waals surface area contributed by atoms with Gasteiger partial charge in [-0.1, -0.05) is 24.3 Å². The maximum atomic E-state index is 12.5. The lowest BCUT2D eigenvalue weighted by Gasteiger charge is -2.11. The van der Waals surface area contributed by atoms with E-state index in [1.807, 2.05) is 85.4 Å². The molecule has 0 bridgehead atoms. The first-order valence-electron chi connectivity index (χ1n) is 7.26. The van der Waals surface area contributed by atoms with Crippen molar-refractivity contribution in [1.82, 2.24) is 4.57 Å². The van der Waals surface area contributed by atoms with Crippen molar-refractivity contribution in [3.63, 3.8) is 0 Å². The highest BCUT2D eigenvalue weighted by Crippen LogP contribution is 2.19. The number of amides is 1. The largest absolute Gasteiger partial charge is 0.324 e. The van der Waals surface area contributed by atoms with Crippen LogP contribution in [0.4, 0.5) is 5.69 Å². The van der Waals surface area contributed by atoms with Gasteiger partial charge in [0, 0.05) is 29.3 Å². The maximum absolute atomic E-state index is 12.5. The molecule has 22 heavy (non-hydrogen) atoms. The number of nitrogens with one attached hydrogen (secondary N) is 1. The van der Waals surface area contributed by atoms with Gasteiger partial charge in [0.25, 0.3) is 5.91 Å². The van der Waals surface area contributed by atoms with Gasteiger partial charge < -0.3 is 9.88 Å². The number of nitrogens with zero attached hydrogens (tertiary/aromatic N) is 1. The van der Waals surface area contributed by atoms with Crippen molar-refractivity contribution in [2.75, 3.05) is 5.32 Å². The average Bonchev–Trinajstić information content (AvgIpc) is 3.04. The van der Waals surface area contributed by atoms with Crippen LogP contribution in [0, 0.1) is 13.8 Å². The topological polar surface area (TPSA) is 34.0 Å². The van der Waals surface area contributed by atoms with Crippen LogP contribution in [0.25, 0.3) is 5.69 Å². The summed E-state index contributed by atoms with van der Waals surface area (Å²) in [4.78, 5) is 12.5. The Morgan fingerprint density at radius 3 is 2.36 bits per heavy atom. The molecule has 0 aliphatic heterocycles. The van der Waals surface area contributed by atoms with Crippen molar-refractivity contribution < 1.29 is 4.79 Å². The fourth-order valence-corrected chi connectivity index (χ4v) is 2.43. The lowest BCUT2D eigenvalue weighted by Crippen LogP contribution is -2.13. The van der Waals surface area contributed by atoms with E-state index in [0.29, 0.717) is 5.56 Å². The molecule has 0 spiro atoms. The number of hydrogen-bond acceptors (Lipinski definition) is 1. The summed E-state index contributed by atoms with van der Waals surface area (Å²) in [5.41, 5.74) is 4.69. The van der Waals surface area contributed by atoms with Gasteiger partial charge in [-0.25, -0.2) is 0 Å². The molecule has 1 heterocycles. The number of aromatic nitrogens is 1. The van der Waals surface area contributed by atoms with Gasteiger partial charge in [-0.15, -0.1) is 0 Å². The predicted molar refractivity (Wildman–Crippen MR) is 89.6 cm³/mol. The van der Waals surface area contributed by atoms with Gasteiger partial charge in [-0.3, -0.25) is 4.79 Å². The summed E-state index contributed by atoms with van der Waals surface area (Å²) in [6.07, 6.45) is 3.96. The van der Waals surface area contributed by atoms with Gasteiger partial charge in [0.1, 0.15) is 0 Å². The van der Waals surface area contributed by atoms with Gasteiger partial charge in [-0.05, 0) is 55.3 Å². The number of carbonyl (C=O) groups is 1. The molecule has 2 aromatic carbocycles. The number of para-hydroxylation sites is 1. The second-order valence-electron chi connectivity index (χ2n) is 5.36. The summed E-state index contributed by atoms with van der Waals surface area (Å²) in [5.74, 6) is -0.0947. The van der Waals surface area contributed by atoms with Crippen LogP contribution < -0.4 is 5.32 Å². The van der Waals surface area contributed by atoms with E-state index >= 15 is 0 Å². The monoisotopic (exact) mass is 290 g/mol. The average molecular weight is 290 g/mol. The predicted octanol–water partition coefficient (Wildman–Crippen LogP) is 4.35. The van der Waals surface area contributed by atoms with Gasteiger partial charge >= 0.3 is 0 Å². The van der Waals surface area contributed by atoms with Crippen LogP contribution in [0.15, 0.2) is 67.0 Å². The molecule has 0 radical (unpaired) electrons. The molecular formula is C19H18N2O. The zero-order chi connectivity index (χ0) is 15.5. The number of hydrogen-bond donors (Lipinski definition) is 1. The fourth-order valence-electron chi connectivity index (χ4n) is 2.43. The lowest BCUT2D eigenvalue weighted by molar-refractivity contribution is 0.102. The third kappa shape index (κ3) is 2.79. The first-order chi connectivity index (χ1) is 10.6. The molecule has 3 rings (SSSR count). The Balaban J connectivity index is 1.91. The third-order valence-corrected chi connectivity index (χ3v) is 3.75. The lowest BCUT2D eigenvalue weighted by atomic mass is 10.1. The summed E-state index contributed by atoms with van der Waals surface area (Å²) < 4.78 is 2.01. The summed E-state index contributed by atoms with van der Waals surface area (Å²) in [7, 11) is 0. The molecule has 110 valence electrons. The molecule has 0 unspecified atom stereocenters. The van der Waals surface area contributed by atoms with Crippen LogP contribution in [-0.2, 0) is 0 Å². The van der Waals surface area contributed by atoms with Crippen molar-refractivity contribution >= 4 is 11.6 Å². The number of benzene rings is 2. The van der Waals surface area contributed by atoms with E-state index in [4.69, 9.17) is 0 Å². The zero-order valence-electron chi connectivity index (χ0n) is 12.7. The summed E-state index contributed by atoms with van der Waals surface area (Å²) in [5, 5.41) is 2.97.